The molecule has 7 heteroatoms. The van der Waals surface area contributed by atoms with Gasteiger partial charge >= 0.3 is 7.82 Å². The third-order valence-corrected chi connectivity index (χ3v) is 3.04. The lowest BCUT2D eigenvalue weighted by molar-refractivity contribution is 0.324. The molecule has 0 heterocycles. The molecule has 0 saturated carbocycles. The highest BCUT2D eigenvalue weighted by Crippen LogP contribution is 2.49. The number of phosphoric acid groups is 1. The average molecular weight is 190 g/mol. The smallest absolute Gasteiger partial charge is 0.301 e. The van der Waals surface area contributed by atoms with Crippen LogP contribution in [0, 0.1) is 0 Å². The van der Waals surface area contributed by atoms with Gasteiger partial charge < -0.3 is 4.89 Å². The quantitative estimate of drug-likeness (QED) is 0.537. The van der Waals surface area contributed by atoms with E-state index in [1.54, 1.807) is 0 Å². The topological polar surface area (TPSA) is 55.8 Å². The van der Waals surface area contributed by atoms with Gasteiger partial charge in [-0.2, -0.15) is 0 Å². The van der Waals surface area contributed by atoms with Crippen molar-refractivity contribution in [3.63, 3.8) is 0 Å². The van der Waals surface area contributed by atoms with Crippen LogP contribution in [0.15, 0.2) is 0 Å². The van der Waals surface area contributed by atoms with Gasteiger partial charge in [-0.25, -0.2) is 12.5 Å². The van der Waals surface area contributed by atoms with Crippen molar-refractivity contribution in [2.45, 2.75) is 0 Å². The van der Waals surface area contributed by atoms with Crippen molar-refractivity contribution in [2.24, 2.45) is 0 Å². The van der Waals surface area contributed by atoms with Crippen LogP contribution in [0.4, 0.5) is 0 Å². The van der Waals surface area contributed by atoms with Crippen LogP contribution in [0.25, 0.3) is 0 Å². The van der Waals surface area contributed by atoms with E-state index in [9.17, 15) is 4.57 Å². The van der Waals surface area contributed by atoms with Gasteiger partial charge in [-0.1, -0.05) is 0 Å². The first-order chi connectivity index (χ1) is 4.12. The molecular formula is C2H7O4PS2. The summed E-state index contributed by atoms with van der Waals surface area (Å²) in [5.74, 6) is 0. The summed E-state index contributed by atoms with van der Waals surface area (Å²) in [5, 5.41) is 0. The molecule has 9 heavy (non-hydrogen) atoms. The highest BCUT2D eigenvalue weighted by Gasteiger charge is 2.20. The van der Waals surface area contributed by atoms with Crippen LogP contribution < -0.4 is 0 Å². The zero-order valence-electron chi connectivity index (χ0n) is 4.94. The van der Waals surface area contributed by atoms with Gasteiger partial charge in [-0.3, -0.25) is 0 Å². The Morgan fingerprint density at radius 2 is 1.67 bits per heavy atom. The van der Waals surface area contributed by atoms with Crippen molar-refractivity contribution in [2.75, 3.05) is 12.5 Å². The summed E-state index contributed by atoms with van der Waals surface area (Å²) >= 11 is 1.59. The van der Waals surface area contributed by atoms with Crippen LogP contribution in [-0.2, 0) is 12.5 Å². The third-order valence-electron chi connectivity index (χ3n) is 0.337. The highest BCUT2D eigenvalue weighted by atomic mass is 32.2. The van der Waals surface area contributed by atoms with Crippen molar-refractivity contribution in [3.8, 4) is 0 Å². The SMILES string of the molecule is CSOP(=O)(O)OSC. The maximum atomic E-state index is 10.5. The first kappa shape index (κ1) is 9.81. The lowest BCUT2D eigenvalue weighted by Crippen LogP contribution is -1.80. The maximum absolute atomic E-state index is 10.5. The van der Waals surface area contributed by atoms with Crippen molar-refractivity contribution >= 4 is 31.9 Å². The summed E-state index contributed by atoms with van der Waals surface area (Å²) in [6, 6.07) is 0. The largest absolute Gasteiger partial charge is 0.494 e. The van der Waals surface area contributed by atoms with Gasteiger partial charge in [0, 0.05) is 36.6 Å². The maximum Gasteiger partial charge on any atom is 0.494 e. The molecule has 0 aliphatic carbocycles. The molecule has 0 saturated heterocycles. The number of hydrogen-bond donors (Lipinski definition) is 1. The standard InChI is InChI=1S/C2H7O4PS2/c1-8-5-7(3,4)6-9-2/h1-2H3,(H,3,4). The molecule has 0 unspecified atom stereocenters. The van der Waals surface area contributed by atoms with Gasteiger partial charge in [0.15, 0.2) is 0 Å². The van der Waals surface area contributed by atoms with Gasteiger partial charge in [0.2, 0.25) is 0 Å². The van der Waals surface area contributed by atoms with Gasteiger partial charge in [0.25, 0.3) is 0 Å². The third kappa shape index (κ3) is 5.26. The summed E-state index contributed by atoms with van der Waals surface area (Å²) in [4.78, 5) is 8.58. The van der Waals surface area contributed by atoms with Crippen LogP contribution in [0.2, 0.25) is 0 Å². The minimum atomic E-state index is -3.77. The molecule has 0 radical (unpaired) electrons. The molecular weight excluding hydrogens is 183 g/mol. The molecule has 0 bridgehead atoms. The van der Waals surface area contributed by atoms with Crippen LogP contribution in [0.5, 0.6) is 0 Å². The summed E-state index contributed by atoms with van der Waals surface area (Å²) in [6.45, 7) is 0. The Bertz CT molecular complexity index is 107. The summed E-state index contributed by atoms with van der Waals surface area (Å²) < 4.78 is 19.0. The van der Waals surface area contributed by atoms with Crippen molar-refractivity contribution in [3.05, 3.63) is 0 Å². The van der Waals surface area contributed by atoms with Crippen molar-refractivity contribution < 1.29 is 17.4 Å². The molecule has 0 amide bonds. The van der Waals surface area contributed by atoms with E-state index in [2.05, 4.69) is 7.94 Å². The Hall–Kier alpha value is 0.810. The second-order valence-electron chi connectivity index (χ2n) is 0.951. The molecule has 56 valence electrons. The number of rotatable bonds is 4. The van der Waals surface area contributed by atoms with Crippen LogP contribution >= 0.6 is 31.9 Å². The summed E-state index contributed by atoms with van der Waals surface area (Å²) in [7, 11) is -3.77. The molecule has 0 rings (SSSR count). The first-order valence-corrected chi connectivity index (χ1v) is 5.69. The van der Waals surface area contributed by atoms with Crippen molar-refractivity contribution in [1.29, 1.82) is 0 Å². The minimum Gasteiger partial charge on any atom is -0.301 e. The lowest BCUT2D eigenvalue weighted by atomic mass is 12.0. The zero-order chi connectivity index (χ0) is 7.33. The second kappa shape index (κ2) is 4.60. The Morgan fingerprint density at radius 1 is 1.33 bits per heavy atom. The minimum absolute atomic E-state index is 0.797. The Kier molecular flexibility index (Phi) is 5.01. The Morgan fingerprint density at radius 3 is 1.89 bits per heavy atom. The van der Waals surface area contributed by atoms with Crippen LogP contribution in [-0.4, -0.2) is 17.4 Å². The number of hydrogen-bond acceptors (Lipinski definition) is 5. The molecule has 0 atom stereocenters. The van der Waals surface area contributed by atoms with Crippen LogP contribution in [0.3, 0.4) is 0 Å². The van der Waals surface area contributed by atoms with E-state index in [-0.39, 0.29) is 0 Å². The molecule has 1 N–H and O–H groups in total. The molecule has 0 aromatic carbocycles. The Labute approximate surface area is 62.3 Å². The van der Waals surface area contributed by atoms with Gasteiger partial charge in [0.1, 0.15) is 0 Å². The van der Waals surface area contributed by atoms with Gasteiger partial charge in [-0.15, -0.1) is 0 Å². The van der Waals surface area contributed by atoms with E-state index < -0.39 is 7.82 Å². The fourth-order valence-corrected chi connectivity index (χ4v) is 2.03. The van der Waals surface area contributed by atoms with Crippen LogP contribution in [0.1, 0.15) is 0 Å². The van der Waals surface area contributed by atoms with E-state index in [0.29, 0.717) is 0 Å². The molecule has 0 fully saturated rings. The summed E-state index contributed by atoms with van der Waals surface area (Å²) in [5.41, 5.74) is 0. The Balaban J connectivity index is 3.58. The van der Waals surface area contributed by atoms with E-state index in [4.69, 9.17) is 4.89 Å². The molecule has 0 aromatic rings. The second-order valence-corrected chi connectivity index (χ2v) is 3.75. The first-order valence-electron chi connectivity index (χ1n) is 1.90. The van der Waals surface area contributed by atoms with Gasteiger partial charge in [-0.05, 0) is 0 Å². The van der Waals surface area contributed by atoms with Crippen molar-refractivity contribution in [1.82, 2.24) is 0 Å². The highest BCUT2D eigenvalue weighted by molar-refractivity contribution is 8.00. The molecule has 0 aliphatic rings. The van der Waals surface area contributed by atoms with E-state index in [0.717, 1.165) is 24.1 Å². The fourth-order valence-electron chi connectivity index (χ4n) is 0.201. The van der Waals surface area contributed by atoms with E-state index in [1.165, 1.54) is 12.5 Å². The molecule has 4 nitrogen and oxygen atoms in total. The zero-order valence-corrected chi connectivity index (χ0v) is 7.46. The predicted molar refractivity (Wildman–Crippen MR) is 39.0 cm³/mol. The van der Waals surface area contributed by atoms with Gasteiger partial charge in [0.05, 0.1) is 0 Å². The molecule has 0 aliphatic heterocycles. The average Bonchev–Trinajstić information content (AvgIpc) is 1.64. The monoisotopic (exact) mass is 190 g/mol. The summed E-state index contributed by atoms with van der Waals surface area (Å²) in [6.07, 6.45) is 3.07. The molecule has 0 spiro atoms. The van der Waals surface area contributed by atoms with E-state index >= 15 is 0 Å². The lowest BCUT2D eigenvalue weighted by Gasteiger charge is -2.04. The normalized spacial score (nSPS) is 11.9. The fraction of sp³-hybridized carbons (Fsp3) is 1.00. The molecule has 0 aromatic heterocycles. The van der Waals surface area contributed by atoms with E-state index in [1.807, 2.05) is 0 Å². The predicted octanol–water partition coefficient (Wildman–Crippen LogP) is 1.68.